The zero-order chi connectivity index (χ0) is 15.5. The normalized spacial score (nSPS) is 10.2. The minimum Gasteiger partial charge on any atom is -0.494 e. The Labute approximate surface area is 147 Å². The number of rotatable bonds is 5. The standard InChI is InChI=1S/C16H13FN2O2S.BrH/c1-21-13-3-2-4-14-15(13)19-16(22-14)18-9-12(20)10-5-7-11(17)8-6-10;/h2-8H,9H2,1H3,(H,18,19);1H. The van der Waals surface area contributed by atoms with Crippen LogP contribution in [0.25, 0.3) is 10.2 Å². The van der Waals surface area contributed by atoms with Crippen LogP contribution in [0.3, 0.4) is 0 Å². The molecule has 23 heavy (non-hydrogen) atoms. The molecule has 0 saturated carbocycles. The Kier molecular flexibility index (Phi) is 5.68. The summed E-state index contributed by atoms with van der Waals surface area (Å²) in [5.74, 6) is 0.223. The van der Waals surface area contributed by atoms with E-state index in [4.69, 9.17) is 4.74 Å². The first-order chi connectivity index (χ1) is 10.7. The van der Waals surface area contributed by atoms with Gasteiger partial charge in [-0.15, -0.1) is 17.0 Å². The summed E-state index contributed by atoms with van der Waals surface area (Å²) in [4.78, 5) is 16.5. The van der Waals surface area contributed by atoms with Gasteiger partial charge in [0.1, 0.15) is 17.1 Å². The molecule has 1 N–H and O–H groups in total. The number of anilines is 1. The number of Topliss-reactive ketones (excluding diaryl/α,β-unsaturated/α-hetero) is 1. The van der Waals surface area contributed by atoms with E-state index < -0.39 is 0 Å². The van der Waals surface area contributed by atoms with Crippen molar-refractivity contribution in [3.8, 4) is 5.75 Å². The summed E-state index contributed by atoms with van der Waals surface area (Å²) in [7, 11) is 1.60. The first-order valence-corrected chi connectivity index (χ1v) is 7.45. The Morgan fingerprint density at radius 2 is 2.00 bits per heavy atom. The summed E-state index contributed by atoms with van der Waals surface area (Å²) >= 11 is 1.45. The molecule has 2 aromatic carbocycles. The fourth-order valence-electron chi connectivity index (χ4n) is 2.06. The number of carbonyl (C=O) groups excluding carboxylic acids is 1. The molecule has 0 unspecified atom stereocenters. The number of nitrogens with zero attached hydrogens (tertiary/aromatic N) is 1. The smallest absolute Gasteiger partial charge is 0.184 e. The molecule has 0 saturated heterocycles. The lowest BCUT2D eigenvalue weighted by atomic mass is 10.1. The van der Waals surface area contributed by atoms with Gasteiger partial charge in [0.25, 0.3) is 0 Å². The Morgan fingerprint density at radius 1 is 1.26 bits per heavy atom. The molecule has 0 radical (unpaired) electrons. The lowest BCUT2D eigenvalue weighted by molar-refractivity contribution is 0.101. The number of aromatic nitrogens is 1. The molecule has 0 spiro atoms. The van der Waals surface area contributed by atoms with Crippen molar-refractivity contribution in [1.29, 1.82) is 0 Å². The van der Waals surface area contributed by atoms with Crippen LogP contribution in [0.4, 0.5) is 9.52 Å². The number of carbonyl (C=O) groups is 1. The van der Waals surface area contributed by atoms with E-state index >= 15 is 0 Å². The highest BCUT2D eigenvalue weighted by Crippen LogP contribution is 2.31. The van der Waals surface area contributed by atoms with E-state index in [0.29, 0.717) is 16.4 Å². The number of ether oxygens (including phenoxy) is 1. The van der Waals surface area contributed by atoms with Crippen LogP contribution in [0, 0.1) is 5.82 Å². The topological polar surface area (TPSA) is 51.2 Å². The molecule has 0 atom stereocenters. The quantitative estimate of drug-likeness (QED) is 0.652. The van der Waals surface area contributed by atoms with Gasteiger partial charge in [0.15, 0.2) is 10.9 Å². The first kappa shape index (κ1) is 17.4. The monoisotopic (exact) mass is 396 g/mol. The molecule has 3 aromatic rings. The zero-order valence-corrected chi connectivity index (χ0v) is 14.7. The average Bonchev–Trinajstić information content (AvgIpc) is 2.96. The van der Waals surface area contributed by atoms with E-state index in [2.05, 4.69) is 10.3 Å². The van der Waals surface area contributed by atoms with Crippen molar-refractivity contribution in [3.05, 3.63) is 53.8 Å². The second-order valence-corrected chi connectivity index (χ2v) is 5.64. The minimum absolute atomic E-state index is 0. The van der Waals surface area contributed by atoms with E-state index in [0.717, 1.165) is 10.2 Å². The van der Waals surface area contributed by atoms with E-state index in [1.54, 1.807) is 7.11 Å². The Bertz CT molecular complexity index is 821. The molecular weight excluding hydrogens is 383 g/mol. The van der Waals surface area contributed by atoms with Gasteiger partial charge in [0.2, 0.25) is 0 Å². The number of nitrogens with one attached hydrogen (secondary N) is 1. The third kappa shape index (κ3) is 3.86. The number of hydrogen-bond donors (Lipinski definition) is 1. The molecule has 0 bridgehead atoms. The third-order valence-electron chi connectivity index (χ3n) is 3.17. The average molecular weight is 397 g/mol. The van der Waals surface area contributed by atoms with Crippen molar-refractivity contribution in [1.82, 2.24) is 4.98 Å². The van der Waals surface area contributed by atoms with Gasteiger partial charge >= 0.3 is 0 Å². The summed E-state index contributed by atoms with van der Waals surface area (Å²) in [6, 6.07) is 11.2. The van der Waals surface area contributed by atoms with Crippen molar-refractivity contribution < 1.29 is 13.9 Å². The van der Waals surface area contributed by atoms with Crippen molar-refractivity contribution in [3.63, 3.8) is 0 Å². The van der Waals surface area contributed by atoms with Gasteiger partial charge in [0, 0.05) is 5.56 Å². The first-order valence-electron chi connectivity index (χ1n) is 6.63. The molecule has 7 heteroatoms. The number of ketones is 1. The van der Waals surface area contributed by atoms with Crippen LogP contribution in [0.5, 0.6) is 5.75 Å². The fourth-order valence-corrected chi connectivity index (χ4v) is 2.94. The summed E-state index contributed by atoms with van der Waals surface area (Å²) in [6.07, 6.45) is 0. The van der Waals surface area contributed by atoms with Crippen LogP contribution in [0.2, 0.25) is 0 Å². The summed E-state index contributed by atoms with van der Waals surface area (Å²) < 4.78 is 19.1. The van der Waals surface area contributed by atoms with E-state index in [-0.39, 0.29) is 35.1 Å². The van der Waals surface area contributed by atoms with Crippen LogP contribution in [0.1, 0.15) is 10.4 Å². The molecule has 120 valence electrons. The van der Waals surface area contributed by atoms with Crippen LogP contribution in [-0.2, 0) is 0 Å². The van der Waals surface area contributed by atoms with Gasteiger partial charge in [0.05, 0.1) is 18.4 Å². The van der Waals surface area contributed by atoms with Crippen molar-refractivity contribution in [2.45, 2.75) is 0 Å². The second kappa shape index (κ2) is 7.52. The van der Waals surface area contributed by atoms with Crippen LogP contribution in [-0.4, -0.2) is 24.4 Å². The summed E-state index contributed by atoms with van der Waals surface area (Å²) in [6.45, 7) is 0.105. The molecule has 4 nitrogen and oxygen atoms in total. The maximum absolute atomic E-state index is 12.8. The van der Waals surface area contributed by atoms with Crippen molar-refractivity contribution in [2.75, 3.05) is 19.0 Å². The molecule has 3 rings (SSSR count). The SMILES string of the molecule is Br.COc1cccc2sc(NCC(=O)c3ccc(F)cc3)nc12. The maximum Gasteiger partial charge on any atom is 0.184 e. The molecule has 0 aliphatic carbocycles. The Hall–Kier alpha value is -1.99. The van der Waals surface area contributed by atoms with Crippen LogP contribution >= 0.6 is 28.3 Å². The van der Waals surface area contributed by atoms with Gasteiger partial charge in [-0.1, -0.05) is 17.4 Å². The number of hydrogen-bond acceptors (Lipinski definition) is 5. The van der Waals surface area contributed by atoms with E-state index in [9.17, 15) is 9.18 Å². The minimum atomic E-state index is -0.359. The maximum atomic E-state index is 12.8. The molecule has 1 heterocycles. The third-order valence-corrected chi connectivity index (χ3v) is 4.15. The molecule has 0 fully saturated rings. The molecule has 0 amide bonds. The number of thiazole rings is 1. The highest BCUT2D eigenvalue weighted by molar-refractivity contribution is 8.93. The molecule has 1 aromatic heterocycles. The van der Waals surface area contributed by atoms with E-state index in [1.807, 2.05) is 18.2 Å². The number of para-hydroxylation sites is 1. The molecule has 0 aliphatic heterocycles. The predicted molar refractivity (Wildman–Crippen MR) is 95.7 cm³/mol. The van der Waals surface area contributed by atoms with Crippen molar-refractivity contribution >= 4 is 49.4 Å². The van der Waals surface area contributed by atoms with Gasteiger partial charge in [-0.3, -0.25) is 4.79 Å². The summed E-state index contributed by atoms with van der Waals surface area (Å²) in [5, 5.41) is 3.65. The molecule has 0 aliphatic rings. The number of fused-ring (bicyclic) bond motifs is 1. The fraction of sp³-hybridized carbons (Fsp3) is 0.125. The summed E-state index contributed by atoms with van der Waals surface area (Å²) in [5.41, 5.74) is 1.24. The number of benzene rings is 2. The van der Waals surface area contributed by atoms with Crippen molar-refractivity contribution in [2.24, 2.45) is 0 Å². The lowest BCUT2D eigenvalue weighted by Gasteiger charge is -2.02. The van der Waals surface area contributed by atoms with Gasteiger partial charge in [-0.2, -0.15) is 0 Å². The lowest BCUT2D eigenvalue weighted by Crippen LogP contribution is -2.13. The number of methoxy groups -OCH3 is 1. The van der Waals surface area contributed by atoms with Crippen LogP contribution in [0.15, 0.2) is 42.5 Å². The predicted octanol–water partition coefficient (Wildman–Crippen LogP) is 4.32. The Balaban J connectivity index is 0.00000192. The molecular formula is C16H14BrFN2O2S. The zero-order valence-electron chi connectivity index (χ0n) is 12.2. The largest absolute Gasteiger partial charge is 0.494 e. The van der Waals surface area contributed by atoms with E-state index in [1.165, 1.54) is 35.6 Å². The van der Waals surface area contributed by atoms with Crippen LogP contribution < -0.4 is 10.1 Å². The second-order valence-electron chi connectivity index (χ2n) is 4.61. The van der Waals surface area contributed by atoms with Gasteiger partial charge < -0.3 is 10.1 Å². The Morgan fingerprint density at radius 3 is 2.70 bits per heavy atom. The van der Waals surface area contributed by atoms with Gasteiger partial charge in [-0.25, -0.2) is 9.37 Å². The van der Waals surface area contributed by atoms with Gasteiger partial charge in [-0.05, 0) is 36.4 Å². The highest BCUT2D eigenvalue weighted by Gasteiger charge is 2.10. The number of halogens is 2. The highest BCUT2D eigenvalue weighted by atomic mass is 79.9.